The topological polar surface area (TPSA) is 66.8 Å². The molecule has 0 aliphatic carbocycles. The largest absolute Gasteiger partial charge is 0.506 e. The number of hydrogen-bond donors (Lipinski definition) is 1. The maximum absolute atomic E-state index is 12.3. The number of nitrogens with zero attached hydrogens (tertiary/aromatic N) is 1. The number of esters is 1. The Labute approximate surface area is 147 Å². The van der Waals surface area contributed by atoms with Crippen LogP contribution in [0.1, 0.15) is 30.6 Å². The minimum absolute atomic E-state index is 0.0758. The highest BCUT2D eigenvalue weighted by atomic mass is 16.5. The smallest absolute Gasteiger partial charge is 0.342 e. The van der Waals surface area contributed by atoms with Crippen LogP contribution in [0.2, 0.25) is 0 Å². The number of ether oxygens (including phenoxy) is 1. The van der Waals surface area contributed by atoms with Crippen LogP contribution in [-0.2, 0) is 9.53 Å². The summed E-state index contributed by atoms with van der Waals surface area (Å²) < 4.78 is 5.15. The molecule has 0 spiro atoms. The van der Waals surface area contributed by atoms with E-state index in [0.717, 1.165) is 11.8 Å². The third kappa shape index (κ3) is 3.76. The molecule has 5 nitrogen and oxygen atoms in total. The van der Waals surface area contributed by atoms with E-state index in [-0.39, 0.29) is 23.8 Å². The van der Waals surface area contributed by atoms with Gasteiger partial charge in [-0.15, -0.1) is 0 Å². The van der Waals surface area contributed by atoms with Gasteiger partial charge in [-0.2, -0.15) is 0 Å². The predicted octanol–water partition coefficient (Wildman–Crippen LogP) is 3.21. The molecule has 1 amide bonds. The van der Waals surface area contributed by atoms with E-state index in [4.69, 9.17) is 4.74 Å². The van der Waals surface area contributed by atoms with Crippen LogP contribution in [0.4, 0.5) is 0 Å². The highest BCUT2D eigenvalue weighted by Gasteiger charge is 2.26. The molecule has 0 aromatic heterocycles. The third-order valence-corrected chi connectivity index (χ3v) is 4.67. The lowest BCUT2D eigenvalue weighted by Gasteiger charge is -2.34. The normalized spacial score (nSPS) is 20.5. The summed E-state index contributed by atoms with van der Waals surface area (Å²) >= 11 is 0. The van der Waals surface area contributed by atoms with Crippen molar-refractivity contribution in [3.05, 3.63) is 42.0 Å². The van der Waals surface area contributed by atoms with Crippen LogP contribution in [-0.4, -0.2) is 41.6 Å². The lowest BCUT2D eigenvalue weighted by molar-refractivity contribution is -0.137. The minimum atomic E-state index is -0.685. The monoisotopic (exact) mass is 341 g/mol. The summed E-state index contributed by atoms with van der Waals surface area (Å²) in [5.41, 5.74) is 0.0758. The highest BCUT2D eigenvalue weighted by molar-refractivity contribution is 6.01. The number of carbonyl (C=O) groups is 2. The molecule has 1 aliphatic heterocycles. The molecule has 2 aromatic carbocycles. The fraction of sp³-hybridized carbons (Fsp3) is 0.400. The fourth-order valence-corrected chi connectivity index (χ4v) is 3.58. The molecule has 1 N–H and O–H groups in total. The maximum Gasteiger partial charge on any atom is 0.342 e. The van der Waals surface area contributed by atoms with Gasteiger partial charge >= 0.3 is 5.97 Å². The Kier molecular flexibility index (Phi) is 4.93. The first-order valence-corrected chi connectivity index (χ1v) is 8.61. The van der Waals surface area contributed by atoms with E-state index >= 15 is 0 Å². The van der Waals surface area contributed by atoms with Crippen molar-refractivity contribution in [3.63, 3.8) is 0 Å². The second-order valence-electron chi connectivity index (χ2n) is 7.00. The number of likely N-dealkylation sites (tertiary alicyclic amines) is 1. The van der Waals surface area contributed by atoms with Crippen LogP contribution in [0.15, 0.2) is 36.4 Å². The van der Waals surface area contributed by atoms with Crippen molar-refractivity contribution in [2.45, 2.75) is 20.3 Å². The third-order valence-electron chi connectivity index (χ3n) is 4.67. The maximum atomic E-state index is 12.3. The van der Waals surface area contributed by atoms with Gasteiger partial charge in [-0.05, 0) is 29.7 Å². The van der Waals surface area contributed by atoms with Crippen LogP contribution in [0, 0.1) is 11.8 Å². The Hall–Kier alpha value is -2.56. The molecule has 1 fully saturated rings. The summed E-state index contributed by atoms with van der Waals surface area (Å²) in [5.74, 6) is -0.0848. The molecule has 2 aromatic rings. The van der Waals surface area contributed by atoms with Crippen molar-refractivity contribution in [2.24, 2.45) is 11.8 Å². The van der Waals surface area contributed by atoms with Crippen LogP contribution >= 0.6 is 0 Å². The summed E-state index contributed by atoms with van der Waals surface area (Å²) in [4.78, 5) is 26.3. The van der Waals surface area contributed by atoms with Gasteiger partial charge in [0.05, 0.1) is 0 Å². The molecule has 5 heteroatoms. The van der Waals surface area contributed by atoms with Gasteiger partial charge in [0.25, 0.3) is 5.91 Å². The second kappa shape index (κ2) is 7.13. The molecule has 1 heterocycles. The zero-order valence-electron chi connectivity index (χ0n) is 14.6. The van der Waals surface area contributed by atoms with Crippen molar-refractivity contribution in [2.75, 3.05) is 19.7 Å². The number of piperidine rings is 1. The van der Waals surface area contributed by atoms with Gasteiger partial charge in [0.2, 0.25) is 0 Å². The summed E-state index contributed by atoms with van der Waals surface area (Å²) in [5, 5.41) is 11.7. The molecule has 0 unspecified atom stereocenters. The summed E-state index contributed by atoms with van der Waals surface area (Å²) in [6.07, 6.45) is 1.11. The summed E-state index contributed by atoms with van der Waals surface area (Å²) in [6.45, 7) is 5.33. The Morgan fingerprint density at radius 3 is 2.52 bits per heavy atom. The molecule has 25 heavy (non-hydrogen) atoms. The Bertz CT molecular complexity index is 791. The molecular formula is C20H23NO4. The standard InChI is InChI=1S/C20H23NO4/c1-13-9-14(2)11-21(10-13)18(22)12-25-20(24)17-8-7-15-5-3-4-6-16(15)19(17)23/h3-8,13-14,23H,9-12H2,1-2H3/t13-,14-/m1/s1. The number of rotatable bonds is 3. The van der Waals surface area contributed by atoms with Crippen molar-refractivity contribution >= 4 is 22.6 Å². The molecule has 0 bridgehead atoms. The highest BCUT2D eigenvalue weighted by Crippen LogP contribution is 2.29. The molecule has 1 aliphatic rings. The average Bonchev–Trinajstić information content (AvgIpc) is 2.59. The zero-order chi connectivity index (χ0) is 18.0. The second-order valence-corrected chi connectivity index (χ2v) is 7.00. The van der Waals surface area contributed by atoms with E-state index in [1.807, 2.05) is 12.1 Å². The summed E-state index contributed by atoms with van der Waals surface area (Å²) in [7, 11) is 0. The van der Waals surface area contributed by atoms with Gasteiger partial charge < -0.3 is 14.7 Å². The van der Waals surface area contributed by atoms with E-state index < -0.39 is 5.97 Å². The van der Waals surface area contributed by atoms with Crippen molar-refractivity contribution in [1.82, 2.24) is 4.90 Å². The van der Waals surface area contributed by atoms with Crippen LogP contribution in [0.3, 0.4) is 0 Å². The Morgan fingerprint density at radius 2 is 1.80 bits per heavy atom. The number of phenolic OH excluding ortho intramolecular Hbond substituents is 1. The first-order chi connectivity index (χ1) is 12.0. The van der Waals surface area contributed by atoms with Gasteiger partial charge in [0.15, 0.2) is 6.61 Å². The Balaban J connectivity index is 1.66. The first-order valence-electron chi connectivity index (χ1n) is 8.61. The number of benzene rings is 2. The minimum Gasteiger partial charge on any atom is -0.506 e. The lowest BCUT2D eigenvalue weighted by Crippen LogP contribution is -2.44. The molecule has 0 saturated carbocycles. The first kappa shape index (κ1) is 17.3. The van der Waals surface area contributed by atoms with Crippen molar-refractivity contribution in [3.8, 4) is 5.75 Å². The molecular weight excluding hydrogens is 318 g/mol. The lowest BCUT2D eigenvalue weighted by atomic mass is 9.92. The van der Waals surface area contributed by atoms with E-state index in [1.165, 1.54) is 6.07 Å². The number of phenols is 1. The van der Waals surface area contributed by atoms with Crippen molar-refractivity contribution < 1.29 is 19.4 Å². The van der Waals surface area contributed by atoms with E-state index in [0.29, 0.717) is 30.3 Å². The SMILES string of the molecule is C[C@@H]1C[C@@H](C)CN(C(=O)COC(=O)c2ccc3ccccc3c2O)C1. The molecule has 3 rings (SSSR count). The molecule has 1 saturated heterocycles. The number of fused-ring (bicyclic) bond motifs is 1. The predicted molar refractivity (Wildman–Crippen MR) is 95.4 cm³/mol. The van der Waals surface area contributed by atoms with Gasteiger partial charge in [-0.3, -0.25) is 4.79 Å². The molecule has 2 atom stereocenters. The molecule has 132 valence electrons. The van der Waals surface area contributed by atoms with E-state index in [1.54, 1.807) is 23.1 Å². The number of carbonyl (C=O) groups excluding carboxylic acids is 2. The average molecular weight is 341 g/mol. The van der Waals surface area contributed by atoms with Crippen LogP contribution in [0.25, 0.3) is 10.8 Å². The Morgan fingerprint density at radius 1 is 1.12 bits per heavy atom. The van der Waals surface area contributed by atoms with Crippen molar-refractivity contribution in [1.29, 1.82) is 0 Å². The van der Waals surface area contributed by atoms with Gasteiger partial charge in [-0.1, -0.05) is 44.2 Å². The van der Waals surface area contributed by atoms with Gasteiger partial charge in [0, 0.05) is 18.5 Å². The molecule has 0 radical (unpaired) electrons. The van der Waals surface area contributed by atoms with E-state index in [2.05, 4.69) is 13.8 Å². The fourth-order valence-electron chi connectivity index (χ4n) is 3.58. The summed E-state index contributed by atoms with van der Waals surface area (Å²) in [6, 6.07) is 10.5. The number of amides is 1. The van der Waals surface area contributed by atoms with Crippen LogP contribution in [0.5, 0.6) is 5.75 Å². The number of hydrogen-bond acceptors (Lipinski definition) is 4. The van der Waals surface area contributed by atoms with Gasteiger partial charge in [-0.25, -0.2) is 4.79 Å². The van der Waals surface area contributed by atoms with Gasteiger partial charge in [0.1, 0.15) is 11.3 Å². The van der Waals surface area contributed by atoms with E-state index in [9.17, 15) is 14.7 Å². The zero-order valence-corrected chi connectivity index (χ0v) is 14.6. The van der Waals surface area contributed by atoms with Crippen LogP contribution < -0.4 is 0 Å². The number of aromatic hydroxyl groups is 1. The quantitative estimate of drug-likeness (QED) is 0.871.